The van der Waals surface area contributed by atoms with E-state index in [1.165, 1.54) is 87.6 Å². The number of fused-ring (bicyclic) bond motifs is 2. The first kappa shape index (κ1) is 21.1. The molecule has 3 saturated carbocycles. The maximum Gasteiger partial charge on any atom is 0.0384 e. The predicted molar refractivity (Wildman–Crippen MR) is 133 cm³/mol. The Balaban J connectivity index is 1.19. The van der Waals surface area contributed by atoms with Crippen molar-refractivity contribution in [1.29, 1.82) is 0 Å². The maximum absolute atomic E-state index is 3.63. The minimum absolute atomic E-state index is 0.456. The maximum atomic E-state index is 3.63. The van der Waals surface area contributed by atoms with Gasteiger partial charge in [0.2, 0.25) is 0 Å². The normalized spacial score (nSPS) is 32.7. The van der Waals surface area contributed by atoms with Gasteiger partial charge in [-0.15, -0.1) is 0 Å². The molecule has 1 heteroatoms. The van der Waals surface area contributed by atoms with Crippen molar-refractivity contribution in [2.24, 2.45) is 23.7 Å². The Kier molecular flexibility index (Phi) is 6.13. The van der Waals surface area contributed by atoms with Gasteiger partial charge in [0.25, 0.3) is 0 Å². The summed E-state index contributed by atoms with van der Waals surface area (Å²) in [6, 6.07) is 18.6. The molecule has 1 N–H and O–H groups in total. The summed E-state index contributed by atoms with van der Waals surface area (Å²) in [4.78, 5) is 0. The molecule has 0 heterocycles. The molecule has 166 valence electrons. The molecule has 4 unspecified atom stereocenters. The van der Waals surface area contributed by atoms with Crippen LogP contribution in [0, 0.1) is 23.7 Å². The zero-order chi connectivity index (χ0) is 21.3. The summed E-state index contributed by atoms with van der Waals surface area (Å²) in [5.41, 5.74) is 5.94. The molecule has 3 aliphatic carbocycles. The van der Waals surface area contributed by atoms with Crippen molar-refractivity contribution in [3.8, 4) is 0 Å². The zero-order valence-corrected chi connectivity index (χ0v) is 19.7. The molecule has 2 bridgehead atoms. The SMILES string of the molecule is CC1CCC(CCc2ccc(Nc3ccc(C45CCCC(C[C@H](C)C4)C5)cc3)cc2)C1. The van der Waals surface area contributed by atoms with E-state index in [-0.39, 0.29) is 0 Å². The van der Waals surface area contributed by atoms with Crippen molar-refractivity contribution in [3.63, 3.8) is 0 Å². The second-order valence-corrected chi connectivity index (χ2v) is 11.5. The van der Waals surface area contributed by atoms with E-state index in [0.29, 0.717) is 5.41 Å². The molecule has 0 spiro atoms. The third-order valence-corrected chi connectivity index (χ3v) is 8.81. The minimum atomic E-state index is 0.456. The molecule has 0 saturated heterocycles. The van der Waals surface area contributed by atoms with Gasteiger partial charge in [0.05, 0.1) is 0 Å². The molecular formula is C30H41N. The summed E-state index contributed by atoms with van der Waals surface area (Å²) in [7, 11) is 0. The molecule has 3 aliphatic rings. The molecule has 31 heavy (non-hydrogen) atoms. The molecule has 0 aliphatic heterocycles. The molecule has 0 radical (unpaired) electrons. The lowest BCUT2D eigenvalue weighted by molar-refractivity contribution is 0.110. The largest absolute Gasteiger partial charge is 0.356 e. The topological polar surface area (TPSA) is 12.0 Å². The van der Waals surface area contributed by atoms with Crippen LogP contribution >= 0.6 is 0 Å². The highest BCUT2D eigenvalue weighted by Crippen LogP contribution is 2.52. The number of benzene rings is 2. The summed E-state index contributed by atoms with van der Waals surface area (Å²) >= 11 is 0. The Morgan fingerprint density at radius 3 is 2.26 bits per heavy atom. The number of hydrogen-bond donors (Lipinski definition) is 1. The number of hydrogen-bond acceptors (Lipinski definition) is 1. The fourth-order valence-corrected chi connectivity index (χ4v) is 7.36. The average Bonchev–Trinajstić information content (AvgIpc) is 3.18. The summed E-state index contributed by atoms with van der Waals surface area (Å²) in [6.07, 6.45) is 15.4. The molecule has 1 nitrogen and oxygen atoms in total. The number of rotatable bonds is 6. The van der Waals surface area contributed by atoms with Gasteiger partial charge in [0.1, 0.15) is 0 Å². The van der Waals surface area contributed by atoms with Gasteiger partial charge in [-0.05, 0) is 109 Å². The first-order valence-electron chi connectivity index (χ1n) is 13.0. The second-order valence-electron chi connectivity index (χ2n) is 11.5. The molecule has 0 amide bonds. The van der Waals surface area contributed by atoms with Crippen LogP contribution in [-0.4, -0.2) is 0 Å². The van der Waals surface area contributed by atoms with Gasteiger partial charge in [-0.25, -0.2) is 0 Å². The van der Waals surface area contributed by atoms with E-state index in [2.05, 4.69) is 67.7 Å². The third kappa shape index (κ3) is 4.86. The van der Waals surface area contributed by atoms with Crippen molar-refractivity contribution >= 4 is 11.4 Å². The van der Waals surface area contributed by atoms with Crippen LogP contribution in [0.4, 0.5) is 11.4 Å². The number of anilines is 2. The summed E-state index contributed by atoms with van der Waals surface area (Å²) < 4.78 is 0. The van der Waals surface area contributed by atoms with Crippen LogP contribution in [0.2, 0.25) is 0 Å². The van der Waals surface area contributed by atoms with Gasteiger partial charge in [-0.3, -0.25) is 0 Å². The van der Waals surface area contributed by atoms with Gasteiger partial charge >= 0.3 is 0 Å². The van der Waals surface area contributed by atoms with Crippen LogP contribution in [0.5, 0.6) is 0 Å². The highest BCUT2D eigenvalue weighted by Gasteiger charge is 2.42. The number of nitrogens with one attached hydrogen (secondary N) is 1. The van der Waals surface area contributed by atoms with E-state index in [1.54, 1.807) is 5.56 Å². The zero-order valence-electron chi connectivity index (χ0n) is 19.7. The van der Waals surface area contributed by atoms with Crippen molar-refractivity contribution in [1.82, 2.24) is 0 Å². The fourth-order valence-electron chi connectivity index (χ4n) is 7.36. The fraction of sp³-hybridized carbons (Fsp3) is 0.600. The van der Waals surface area contributed by atoms with Gasteiger partial charge in [0.15, 0.2) is 0 Å². The second kappa shape index (κ2) is 9.00. The van der Waals surface area contributed by atoms with E-state index in [4.69, 9.17) is 0 Å². The predicted octanol–water partition coefficient (Wildman–Crippen LogP) is 8.66. The molecule has 5 rings (SSSR count). The van der Waals surface area contributed by atoms with E-state index in [1.807, 2.05) is 0 Å². The smallest absolute Gasteiger partial charge is 0.0384 e. The Morgan fingerprint density at radius 2 is 1.55 bits per heavy atom. The van der Waals surface area contributed by atoms with Gasteiger partial charge in [-0.2, -0.15) is 0 Å². The standard InChI is InChI=1S/C30H41N/c1-22-5-6-25(18-22)8-7-24-9-13-28(14-10-24)31-29-15-11-27(12-16-29)30-17-3-4-26(21-30)19-23(2)20-30/h9-16,22-23,25-26,31H,3-8,17-21H2,1-2H3/t22?,23-,25?,26?,30?/m0/s1. The Morgan fingerprint density at radius 1 is 0.806 bits per heavy atom. The first-order valence-corrected chi connectivity index (χ1v) is 13.0. The molecular weight excluding hydrogens is 374 g/mol. The molecule has 2 aromatic rings. The van der Waals surface area contributed by atoms with Crippen molar-refractivity contribution in [2.45, 2.75) is 89.9 Å². The molecule has 0 aromatic heterocycles. The van der Waals surface area contributed by atoms with Crippen LogP contribution in [0.25, 0.3) is 0 Å². The van der Waals surface area contributed by atoms with Gasteiger partial charge in [0, 0.05) is 11.4 Å². The molecule has 2 aromatic carbocycles. The third-order valence-electron chi connectivity index (χ3n) is 8.81. The van der Waals surface area contributed by atoms with Crippen LogP contribution in [0.15, 0.2) is 48.5 Å². The van der Waals surface area contributed by atoms with E-state index >= 15 is 0 Å². The van der Waals surface area contributed by atoms with Crippen molar-refractivity contribution < 1.29 is 0 Å². The minimum Gasteiger partial charge on any atom is -0.356 e. The van der Waals surface area contributed by atoms with E-state index in [0.717, 1.165) is 23.7 Å². The van der Waals surface area contributed by atoms with Crippen LogP contribution in [0.3, 0.4) is 0 Å². The highest BCUT2D eigenvalue weighted by atomic mass is 14.9. The monoisotopic (exact) mass is 415 g/mol. The van der Waals surface area contributed by atoms with Gasteiger partial charge in [-0.1, -0.05) is 63.8 Å². The lowest BCUT2D eigenvalue weighted by Gasteiger charge is -2.48. The van der Waals surface area contributed by atoms with E-state index < -0.39 is 0 Å². The Hall–Kier alpha value is -1.76. The van der Waals surface area contributed by atoms with Crippen LogP contribution in [0.1, 0.15) is 89.2 Å². The van der Waals surface area contributed by atoms with E-state index in [9.17, 15) is 0 Å². The molecule has 5 atom stereocenters. The lowest BCUT2D eigenvalue weighted by atomic mass is 9.57. The van der Waals surface area contributed by atoms with Crippen molar-refractivity contribution in [2.75, 3.05) is 5.32 Å². The van der Waals surface area contributed by atoms with Crippen LogP contribution in [-0.2, 0) is 11.8 Å². The van der Waals surface area contributed by atoms with Crippen molar-refractivity contribution in [3.05, 3.63) is 59.7 Å². The Labute approximate surface area is 190 Å². The highest BCUT2D eigenvalue weighted by molar-refractivity contribution is 5.60. The summed E-state index contributed by atoms with van der Waals surface area (Å²) in [5.74, 6) is 3.75. The quantitative estimate of drug-likeness (QED) is 0.497. The molecule has 3 fully saturated rings. The first-order chi connectivity index (χ1) is 15.1. The average molecular weight is 416 g/mol. The van der Waals surface area contributed by atoms with Gasteiger partial charge < -0.3 is 5.32 Å². The summed E-state index contributed by atoms with van der Waals surface area (Å²) in [5, 5.41) is 3.63. The lowest BCUT2D eigenvalue weighted by Crippen LogP contribution is -2.39. The van der Waals surface area contributed by atoms with Crippen LogP contribution < -0.4 is 5.32 Å². The Bertz CT molecular complexity index is 847. The number of aryl methyl sites for hydroxylation is 1. The summed E-state index contributed by atoms with van der Waals surface area (Å²) in [6.45, 7) is 4.88.